The lowest BCUT2D eigenvalue weighted by Gasteiger charge is -2.32. The van der Waals surface area contributed by atoms with Crippen LogP contribution in [0.2, 0.25) is 0 Å². The second-order valence-electron chi connectivity index (χ2n) is 5.30. The van der Waals surface area contributed by atoms with Crippen molar-refractivity contribution in [1.82, 2.24) is 5.32 Å². The van der Waals surface area contributed by atoms with Gasteiger partial charge in [-0.05, 0) is 32.1 Å². The normalized spacial score (nSPS) is 34.5. The van der Waals surface area contributed by atoms with E-state index >= 15 is 0 Å². The average molecular weight is 240 g/mol. The van der Waals surface area contributed by atoms with Gasteiger partial charge in [0, 0.05) is 19.2 Å². The number of carbonyl (C=O) groups is 1. The molecule has 4 heteroatoms. The van der Waals surface area contributed by atoms with Gasteiger partial charge in [-0.15, -0.1) is 0 Å². The SMILES string of the molecule is NC(=O)C1CCCCC1NCC1CCCCO1. The quantitative estimate of drug-likeness (QED) is 0.776. The van der Waals surface area contributed by atoms with Crippen molar-refractivity contribution >= 4 is 5.91 Å². The Labute approximate surface area is 103 Å². The van der Waals surface area contributed by atoms with E-state index in [1.807, 2.05) is 0 Å². The van der Waals surface area contributed by atoms with Gasteiger partial charge in [0.1, 0.15) is 0 Å². The smallest absolute Gasteiger partial charge is 0.222 e. The Bertz CT molecular complexity index is 252. The summed E-state index contributed by atoms with van der Waals surface area (Å²) in [6.07, 6.45) is 8.26. The standard InChI is InChI=1S/C13H24N2O2/c14-13(16)11-6-1-2-7-12(11)15-9-10-5-3-4-8-17-10/h10-12,15H,1-9H2,(H2,14,16). The number of hydrogen-bond acceptors (Lipinski definition) is 3. The third-order valence-corrected chi connectivity index (χ3v) is 4.01. The fourth-order valence-corrected chi connectivity index (χ4v) is 2.97. The molecule has 4 nitrogen and oxygen atoms in total. The predicted octanol–water partition coefficient (Wildman–Crippen LogP) is 1.19. The second kappa shape index (κ2) is 6.36. The lowest BCUT2D eigenvalue weighted by Crippen LogP contribution is -2.47. The van der Waals surface area contributed by atoms with Crippen LogP contribution in [-0.2, 0) is 9.53 Å². The highest BCUT2D eigenvalue weighted by atomic mass is 16.5. The molecular weight excluding hydrogens is 216 g/mol. The van der Waals surface area contributed by atoms with Crippen LogP contribution >= 0.6 is 0 Å². The van der Waals surface area contributed by atoms with Gasteiger partial charge >= 0.3 is 0 Å². The zero-order valence-electron chi connectivity index (χ0n) is 10.5. The summed E-state index contributed by atoms with van der Waals surface area (Å²) >= 11 is 0. The van der Waals surface area contributed by atoms with E-state index in [9.17, 15) is 4.79 Å². The molecule has 0 aromatic carbocycles. The summed E-state index contributed by atoms with van der Waals surface area (Å²) in [6, 6.07) is 0.270. The number of amides is 1. The maximum Gasteiger partial charge on any atom is 0.222 e. The van der Waals surface area contributed by atoms with Crippen LogP contribution in [0.25, 0.3) is 0 Å². The molecule has 0 aromatic heterocycles. The average Bonchev–Trinajstić information content (AvgIpc) is 2.38. The first-order chi connectivity index (χ1) is 8.27. The molecule has 3 N–H and O–H groups in total. The molecule has 1 saturated heterocycles. The second-order valence-corrected chi connectivity index (χ2v) is 5.30. The monoisotopic (exact) mass is 240 g/mol. The topological polar surface area (TPSA) is 64.4 Å². The van der Waals surface area contributed by atoms with Crippen molar-refractivity contribution in [2.45, 2.75) is 57.1 Å². The molecule has 0 bridgehead atoms. The summed E-state index contributed by atoms with van der Waals surface area (Å²) < 4.78 is 5.69. The fraction of sp³-hybridized carbons (Fsp3) is 0.923. The molecule has 17 heavy (non-hydrogen) atoms. The Balaban J connectivity index is 1.77. The summed E-state index contributed by atoms with van der Waals surface area (Å²) in [7, 11) is 0. The predicted molar refractivity (Wildman–Crippen MR) is 66.5 cm³/mol. The van der Waals surface area contributed by atoms with Crippen LogP contribution in [0.15, 0.2) is 0 Å². The fourth-order valence-electron chi connectivity index (χ4n) is 2.97. The summed E-state index contributed by atoms with van der Waals surface area (Å²) in [5.41, 5.74) is 5.46. The van der Waals surface area contributed by atoms with Crippen LogP contribution in [-0.4, -0.2) is 31.2 Å². The van der Waals surface area contributed by atoms with E-state index in [1.54, 1.807) is 0 Å². The molecule has 1 aliphatic carbocycles. The molecule has 1 aliphatic heterocycles. The molecular formula is C13H24N2O2. The van der Waals surface area contributed by atoms with Gasteiger partial charge < -0.3 is 15.8 Å². The van der Waals surface area contributed by atoms with Crippen molar-refractivity contribution in [1.29, 1.82) is 0 Å². The Hall–Kier alpha value is -0.610. The number of nitrogens with two attached hydrogens (primary N) is 1. The highest BCUT2D eigenvalue weighted by Gasteiger charge is 2.29. The van der Waals surface area contributed by atoms with Gasteiger partial charge in [0.05, 0.1) is 12.0 Å². The van der Waals surface area contributed by atoms with E-state index in [2.05, 4.69) is 5.32 Å². The summed E-state index contributed by atoms with van der Waals surface area (Å²) in [5, 5.41) is 3.50. The van der Waals surface area contributed by atoms with E-state index < -0.39 is 0 Å². The number of carbonyl (C=O) groups excluding carboxylic acids is 1. The first kappa shape index (κ1) is 12.8. The third-order valence-electron chi connectivity index (χ3n) is 4.01. The Morgan fingerprint density at radius 1 is 1.18 bits per heavy atom. The van der Waals surface area contributed by atoms with Crippen molar-refractivity contribution in [2.24, 2.45) is 11.7 Å². The van der Waals surface area contributed by atoms with Crippen molar-refractivity contribution in [3.8, 4) is 0 Å². The van der Waals surface area contributed by atoms with E-state index in [1.165, 1.54) is 19.3 Å². The molecule has 3 atom stereocenters. The van der Waals surface area contributed by atoms with Gasteiger partial charge in [-0.2, -0.15) is 0 Å². The van der Waals surface area contributed by atoms with Crippen molar-refractivity contribution < 1.29 is 9.53 Å². The van der Waals surface area contributed by atoms with Gasteiger partial charge in [-0.25, -0.2) is 0 Å². The van der Waals surface area contributed by atoms with Gasteiger partial charge in [0.2, 0.25) is 5.91 Å². The molecule has 0 radical (unpaired) electrons. The van der Waals surface area contributed by atoms with Gasteiger partial charge in [-0.3, -0.25) is 4.79 Å². The summed E-state index contributed by atoms with van der Waals surface area (Å²) in [6.45, 7) is 1.75. The minimum atomic E-state index is -0.147. The van der Waals surface area contributed by atoms with E-state index in [4.69, 9.17) is 10.5 Å². The summed E-state index contributed by atoms with van der Waals surface area (Å²) in [5.74, 6) is -0.126. The molecule has 0 spiro atoms. The number of nitrogens with one attached hydrogen (secondary N) is 1. The van der Waals surface area contributed by atoms with Gasteiger partial charge in [-0.1, -0.05) is 12.8 Å². The van der Waals surface area contributed by atoms with E-state index in [-0.39, 0.29) is 17.9 Å². The lowest BCUT2D eigenvalue weighted by molar-refractivity contribution is -0.123. The molecule has 2 aliphatic rings. The Morgan fingerprint density at radius 2 is 1.94 bits per heavy atom. The molecule has 2 rings (SSSR count). The van der Waals surface area contributed by atoms with Gasteiger partial charge in [0.25, 0.3) is 0 Å². The zero-order chi connectivity index (χ0) is 12.1. The highest BCUT2D eigenvalue weighted by Crippen LogP contribution is 2.24. The number of rotatable bonds is 4. The lowest BCUT2D eigenvalue weighted by atomic mass is 9.84. The van der Waals surface area contributed by atoms with E-state index in [0.717, 1.165) is 38.8 Å². The number of hydrogen-bond donors (Lipinski definition) is 2. The van der Waals surface area contributed by atoms with E-state index in [0.29, 0.717) is 6.10 Å². The molecule has 1 heterocycles. The van der Waals surface area contributed by atoms with Crippen LogP contribution in [0.3, 0.4) is 0 Å². The minimum Gasteiger partial charge on any atom is -0.377 e. The van der Waals surface area contributed by atoms with Crippen molar-refractivity contribution in [2.75, 3.05) is 13.2 Å². The Kier molecular flexibility index (Phi) is 4.80. The van der Waals surface area contributed by atoms with Crippen molar-refractivity contribution in [3.63, 3.8) is 0 Å². The van der Waals surface area contributed by atoms with Crippen LogP contribution in [0.4, 0.5) is 0 Å². The molecule has 98 valence electrons. The minimum absolute atomic E-state index is 0.0207. The molecule has 1 amide bonds. The molecule has 2 fully saturated rings. The highest BCUT2D eigenvalue weighted by molar-refractivity contribution is 5.77. The maximum atomic E-state index is 11.4. The zero-order valence-corrected chi connectivity index (χ0v) is 10.5. The molecule has 3 unspecified atom stereocenters. The van der Waals surface area contributed by atoms with Crippen molar-refractivity contribution in [3.05, 3.63) is 0 Å². The number of ether oxygens (including phenoxy) is 1. The van der Waals surface area contributed by atoms with Crippen LogP contribution in [0, 0.1) is 5.92 Å². The third kappa shape index (κ3) is 3.68. The van der Waals surface area contributed by atoms with Crippen LogP contribution in [0.5, 0.6) is 0 Å². The first-order valence-electron chi connectivity index (χ1n) is 6.91. The first-order valence-corrected chi connectivity index (χ1v) is 6.91. The van der Waals surface area contributed by atoms with Crippen LogP contribution in [0.1, 0.15) is 44.9 Å². The molecule has 1 saturated carbocycles. The number of primary amides is 1. The molecule has 0 aromatic rings. The van der Waals surface area contributed by atoms with Crippen LogP contribution < -0.4 is 11.1 Å². The Morgan fingerprint density at radius 3 is 2.65 bits per heavy atom. The van der Waals surface area contributed by atoms with Gasteiger partial charge in [0.15, 0.2) is 0 Å². The largest absolute Gasteiger partial charge is 0.377 e. The maximum absolute atomic E-state index is 11.4. The summed E-state index contributed by atoms with van der Waals surface area (Å²) in [4.78, 5) is 11.4.